The Labute approximate surface area is 110 Å². The quantitative estimate of drug-likeness (QED) is 0.757. The molecular formula is C14H27N3O. The van der Waals surface area contributed by atoms with E-state index in [-0.39, 0.29) is 11.9 Å². The molecule has 0 radical (unpaired) electrons. The molecule has 2 aliphatic heterocycles. The fraction of sp³-hybridized carbons (Fsp3) is 0.929. The summed E-state index contributed by atoms with van der Waals surface area (Å²) >= 11 is 0. The van der Waals surface area contributed by atoms with Crippen molar-refractivity contribution >= 4 is 5.91 Å². The van der Waals surface area contributed by atoms with Gasteiger partial charge in [0.25, 0.3) is 0 Å². The molecule has 0 bridgehead atoms. The van der Waals surface area contributed by atoms with Crippen LogP contribution in [0.3, 0.4) is 0 Å². The van der Waals surface area contributed by atoms with Crippen molar-refractivity contribution in [1.29, 1.82) is 0 Å². The predicted octanol–water partition coefficient (Wildman–Crippen LogP) is 0.688. The summed E-state index contributed by atoms with van der Waals surface area (Å²) in [7, 11) is 0. The molecule has 1 amide bonds. The molecule has 2 aliphatic rings. The van der Waals surface area contributed by atoms with Gasteiger partial charge in [-0.3, -0.25) is 9.69 Å². The highest BCUT2D eigenvalue weighted by molar-refractivity contribution is 5.81. The molecule has 3 atom stereocenters. The van der Waals surface area contributed by atoms with Gasteiger partial charge in [0.05, 0.1) is 6.04 Å². The first-order valence-electron chi connectivity index (χ1n) is 7.30. The van der Waals surface area contributed by atoms with Gasteiger partial charge in [0.2, 0.25) is 5.91 Å². The van der Waals surface area contributed by atoms with Crippen molar-refractivity contribution < 1.29 is 4.79 Å². The molecule has 2 heterocycles. The molecule has 18 heavy (non-hydrogen) atoms. The van der Waals surface area contributed by atoms with E-state index in [0.717, 1.165) is 51.0 Å². The highest BCUT2D eigenvalue weighted by Crippen LogP contribution is 2.27. The molecule has 1 unspecified atom stereocenters. The standard InChI is InChI=1S/C14H27N3O/c1-10(2)4-5-16-14(18)11(3)17-8-12-6-15-7-13(12)9-17/h10-13,15H,4-9H2,1-3H3,(H,16,18)/t11?,12-,13+. The van der Waals surface area contributed by atoms with Crippen LogP contribution >= 0.6 is 0 Å². The van der Waals surface area contributed by atoms with Gasteiger partial charge in [0.1, 0.15) is 0 Å². The number of nitrogens with one attached hydrogen (secondary N) is 2. The van der Waals surface area contributed by atoms with Crippen molar-refractivity contribution in [1.82, 2.24) is 15.5 Å². The maximum Gasteiger partial charge on any atom is 0.237 e. The van der Waals surface area contributed by atoms with Crippen LogP contribution in [0.1, 0.15) is 27.2 Å². The summed E-state index contributed by atoms with van der Waals surface area (Å²) in [5.41, 5.74) is 0. The summed E-state index contributed by atoms with van der Waals surface area (Å²) in [6, 6.07) is 0.0303. The van der Waals surface area contributed by atoms with E-state index >= 15 is 0 Å². The normalized spacial score (nSPS) is 29.6. The van der Waals surface area contributed by atoms with Crippen LogP contribution in [0.25, 0.3) is 0 Å². The van der Waals surface area contributed by atoms with E-state index in [2.05, 4.69) is 29.4 Å². The summed E-state index contributed by atoms with van der Waals surface area (Å²) in [5, 5.41) is 6.49. The Kier molecular flexibility index (Phi) is 4.62. The lowest BCUT2D eigenvalue weighted by Gasteiger charge is -2.24. The number of rotatable bonds is 5. The highest BCUT2D eigenvalue weighted by atomic mass is 16.2. The third-order valence-electron chi connectivity index (χ3n) is 4.37. The molecule has 0 aliphatic carbocycles. The van der Waals surface area contributed by atoms with E-state index in [1.165, 1.54) is 0 Å². The van der Waals surface area contributed by atoms with E-state index in [1.807, 2.05) is 6.92 Å². The molecule has 4 heteroatoms. The molecule has 0 aromatic carbocycles. The van der Waals surface area contributed by atoms with E-state index in [9.17, 15) is 4.79 Å². The first-order chi connectivity index (χ1) is 8.58. The molecule has 0 saturated carbocycles. The van der Waals surface area contributed by atoms with Crippen molar-refractivity contribution in [2.75, 3.05) is 32.7 Å². The van der Waals surface area contributed by atoms with E-state index in [4.69, 9.17) is 0 Å². The van der Waals surface area contributed by atoms with Crippen molar-refractivity contribution in [3.05, 3.63) is 0 Å². The lowest BCUT2D eigenvalue weighted by atomic mass is 10.0. The number of hydrogen-bond donors (Lipinski definition) is 2. The second-order valence-corrected chi connectivity index (χ2v) is 6.28. The van der Waals surface area contributed by atoms with E-state index in [0.29, 0.717) is 5.92 Å². The summed E-state index contributed by atoms with van der Waals surface area (Å²) in [6.45, 7) is 11.6. The first-order valence-corrected chi connectivity index (χ1v) is 7.30. The molecule has 2 rings (SSSR count). The summed E-state index contributed by atoms with van der Waals surface area (Å²) in [6.07, 6.45) is 1.06. The molecule has 4 nitrogen and oxygen atoms in total. The number of nitrogens with zero attached hydrogens (tertiary/aromatic N) is 1. The Morgan fingerprint density at radius 2 is 1.89 bits per heavy atom. The molecule has 0 aromatic heterocycles. The molecule has 2 N–H and O–H groups in total. The minimum Gasteiger partial charge on any atom is -0.355 e. The maximum absolute atomic E-state index is 12.1. The average Bonchev–Trinajstić information content (AvgIpc) is 2.87. The summed E-state index contributed by atoms with van der Waals surface area (Å²) < 4.78 is 0. The molecule has 2 fully saturated rings. The fourth-order valence-corrected chi connectivity index (χ4v) is 3.01. The van der Waals surface area contributed by atoms with Crippen molar-refractivity contribution in [3.63, 3.8) is 0 Å². The number of fused-ring (bicyclic) bond motifs is 1. The average molecular weight is 253 g/mol. The van der Waals surface area contributed by atoms with Crippen LogP contribution in [0.4, 0.5) is 0 Å². The zero-order chi connectivity index (χ0) is 13.1. The molecular weight excluding hydrogens is 226 g/mol. The molecule has 0 aromatic rings. The topological polar surface area (TPSA) is 44.4 Å². The smallest absolute Gasteiger partial charge is 0.237 e. The third-order valence-corrected chi connectivity index (χ3v) is 4.37. The number of hydrogen-bond acceptors (Lipinski definition) is 3. The SMILES string of the molecule is CC(C)CCNC(=O)C(C)N1C[C@H]2CNC[C@H]2C1. The van der Waals surface area contributed by atoms with Gasteiger partial charge in [-0.25, -0.2) is 0 Å². The van der Waals surface area contributed by atoms with Gasteiger partial charge in [-0.15, -0.1) is 0 Å². The van der Waals surface area contributed by atoms with Gasteiger partial charge in [0.15, 0.2) is 0 Å². The minimum atomic E-state index is 0.0303. The lowest BCUT2D eigenvalue weighted by Crippen LogP contribution is -2.45. The van der Waals surface area contributed by atoms with Crippen LogP contribution in [0.2, 0.25) is 0 Å². The Balaban J connectivity index is 1.73. The van der Waals surface area contributed by atoms with Gasteiger partial charge >= 0.3 is 0 Å². The van der Waals surface area contributed by atoms with Crippen molar-refractivity contribution in [2.24, 2.45) is 17.8 Å². The van der Waals surface area contributed by atoms with Gasteiger partial charge < -0.3 is 10.6 Å². The minimum absolute atomic E-state index is 0.0303. The monoisotopic (exact) mass is 253 g/mol. The van der Waals surface area contributed by atoms with Crippen molar-refractivity contribution in [2.45, 2.75) is 33.2 Å². The zero-order valence-electron chi connectivity index (χ0n) is 11.9. The van der Waals surface area contributed by atoms with Gasteiger partial charge in [-0.1, -0.05) is 13.8 Å². The Bertz CT molecular complexity index is 281. The second-order valence-electron chi connectivity index (χ2n) is 6.28. The Hall–Kier alpha value is -0.610. The highest BCUT2D eigenvalue weighted by Gasteiger charge is 2.39. The lowest BCUT2D eigenvalue weighted by molar-refractivity contribution is -0.125. The summed E-state index contributed by atoms with van der Waals surface area (Å²) in [4.78, 5) is 14.4. The van der Waals surface area contributed by atoms with Gasteiger partial charge in [-0.2, -0.15) is 0 Å². The largest absolute Gasteiger partial charge is 0.355 e. The molecule has 2 saturated heterocycles. The Morgan fingerprint density at radius 3 is 2.44 bits per heavy atom. The van der Waals surface area contributed by atoms with Gasteiger partial charge in [-0.05, 0) is 44.2 Å². The number of amides is 1. The Morgan fingerprint density at radius 1 is 1.28 bits per heavy atom. The third kappa shape index (κ3) is 3.23. The molecule has 0 spiro atoms. The summed E-state index contributed by atoms with van der Waals surface area (Å²) in [5.74, 6) is 2.37. The van der Waals surface area contributed by atoms with Crippen LogP contribution in [-0.4, -0.2) is 49.6 Å². The molecule has 104 valence electrons. The van der Waals surface area contributed by atoms with Gasteiger partial charge in [0, 0.05) is 19.6 Å². The number of carbonyl (C=O) groups is 1. The maximum atomic E-state index is 12.1. The zero-order valence-corrected chi connectivity index (χ0v) is 11.9. The van der Waals surface area contributed by atoms with Crippen molar-refractivity contribution in [3.8, 4) is 0 Å². The van der Waals surface area contributed by atoms with Crippen LogP contribution in [0.15, 0.2) is 0 Å². The second kappa shape index (κ2) is 6.02. The van der Waals surface area contributed by atoms with E-state index in [1.54, 1.807) is 0 Å². The van der Waals surface area contributed by atoms with Crippen LogP contribution in [-0.2, 0) is 4.79 Å². The van der Waals surface area contributed by atoms with E-state index < -0.39 is 0 Å². The number of carbonyl (C=O) groups excluding carboxylic acids is 1. The van der Waals surface area contributed by atoms with Crippen LogP contribution in [0.5, 0.6) is 0 Å². The van der Waals surface area contributed by atoms with Crippen LogP contribution in [0, 0.1) is 17.8 Å². The fourth-order valence-electron chi connectivity index (χ4n) is 3.01. The van der Waals surface area contributed by atoms with Crippen LogP contribution < -0.4 is 10.6 Å². The predicted molar refractivity (Wildman–Crippen MR) is 73.3 cm³/mol. The first kappa shape index (κ1) is 13.8. The number of likely N-dealkylation sites (tertiary alicyclic amines) is 1.